The Bertz CT molecular complexity index is 1420. The van der Waals surface area contributed by atoms with E-state index in [0.29, 0.717) is 12.1 Å². The summed E-state index contributed by atoms with van der Waals surface area (Å²) in [7, 11) is 3.25. The zero-order valence-corrected chi connectivity index (χ0v) is 23.1. The molecule has 0 bridgehead atoms. The number of anilines is 1. The van der Waals surface area contributed by atoms with Gasteiger partial charge in [0.15, 0.2) is 0 Å². The molecule has 10 heteroatoms. The van der Waals surface area contributed by atoms with E-state index in [0.717, 1.165) is 22.9 Å². The Morgan fingerprint density at radius 1 is 0.975 bits per heavy atom. The van der Waals surface area contributed by atoms with Crippen LogP contribution in [0.5, 0.6) is 5.75 Å². The summed E-state index contributed by atoms with van der Waals surface area (Å²) in [6, 6.07) is 20.2. The monoisotopic (exact) mass is 544 g/mol. The van der Waals surface area contributed by atoms with Gasteiger partial charge in [0.25, 0.3) is 5.69 Å². The van der Waals surface area contributed by atoms with Crippen molar-refractivity contribution in [3.63, 3.8) is 0 Å². The fourth-order valence-corrected chi connectivity index (χ4v) is 4.28. The van der Waals surface area contributed by atoms with Crippen LogP contribution in [0.1, 0.15) is 38.3 Å². The molecule has 0 saturated carbocycles. The molecule has 0 aliphatic rings. The lowest BCUT2D eigenvalue weighted by Crippen LogP contribution is -2.36. The third kappa shape index (κ3) is 7.88. The second-order valence-corrected chi connectivity index (χ2v) is 10.1. The number of hydrogen-bond acceptors (Lipinski definition) is 8. The zero-order chi connectivity index (χ0) is 29.3. The molecule has 10 nitrogen and oxygen atoms in total. The minimum absolute atomic E-state index is 0.0315. The Kier molecular flexibility index (Phi) is 9.95. The molecular weight excluding hydrogens is 512 g/mol. The van der Waals surface area contributed by atoms with E-state index in [1.807, 2.05) is 54.6 Å². The van der Waals surface area contributed by atoms with Crippen molar-refractivity contribution in [3.8, 4) is 17.6 Å². The Morgan fingerprint density at radius 3 is 2.20 bits per heavy atom. The smallest absolute Gasteiger partial charge is 0.301 e. The van der Waals surface area contributed by atoms with E-state index in [2.05, 4.69) is 43.1 Å². The number of hydrazone groups is 1. The number of nitro groups is 2. The molecule has 0 spiro atoms. The molecule has 3 aromatic rings. The van der Waals surface area contributed by atoms with E-state index in [1.54, 1.807) is 14.2 Å². The van der Waals surface area contributed by atoms with Gasteiger partial charge in [0.2, 0.25) is 0 Å². The predicted molar refractivity (Wildman–Crippen MR) is 155 cm³/mol. The molecule has 3 aromatic carbocycles. The second kappa shape index (κ2) is 13.4. The molecule has 0 aliphatic heterocycles. The maximum Gasteiger partial charge on any atom is 0.301 e. The molecule has 0 amide bonds. The summed E-state index contributed by atoms with van der Waals surface area (Å²) in [6.07, 6.45) is 0.0809. The molecule has 0 heterocycles. The molecule has 0 radical (unpaired) electrons. The van der Waals surface area contributed by atoms with Gasteiger partial charge in [0, 0.05) is 25.2 Å². The molecule has 3 rings (SSSR count). The van der Waals surface area contributed by atoms with Crippen molar-refractivity contribution < 1.29 is 19.3 Å². The summed E-state index contributed by atoms with van der Waals surface area (Å²) in [5.74, 6) is 7.04. The molecule has 208 valence electrons. The SMILES string of the molecule is COc1ccc(C#C[C@H](C/C(=N\Nc2ccc([N+](=O)[O-])cc2[N+](=O)[O-])c2ccccc2)[C@H](OC)C(C)(C)C)cc1. The van der Waals surface area contributed by atoms with Gasteiger partial charge in [-0.2, -0.15) is 5.10 Å². The van der Waals surface area contributed by atoms with Crippen LogP contribution in [0, 0.1) is 43.4 Å². The van der Waals surface area contributed by atoms with Gasteiger partial charge in [-0.05, 0) is 41.3 Å². The van der Waals surface area contributed by atoms with Gasteiger partial charge in [-0.25, -0.2) is 0 Å². The van der Waals surface area contributed by atoms with Crippen LogP contribution in [0.3, 0.4) is 0 Å². The summed E-state index contributed by atoms with van der Waals surface area (Å²) in [6.45, 7) is 6.21. The van der Waals surface area contributed by atoms with Crippen molar-refractivity contribution in [2.75, 3.05) is 19.6 Å². The molecule has 0 aromatic heterocycles. The molecule has 2 atom stereocenters. The van der Waals surface area contributed by atoms with E-state index < -0.39 is 15.5 Å². The molecule has 0 saturated heterocycles. The van der Waals surface area contributed by atoms with Gasteiger partial charge in [0.1, 0.15) is 11.4 Å². The summed E-state index contributed by atoms with van der Waals surface area (Å²) >= 11 is 0. The van der Waals surface area contributed by atoms with E-state index in [4.69, 9.17) is 9.47 Å². The van der Waals surface area contributed by atoms with Crippen LogP contribution in [0.2, 0.25) is 0 Å². The largest absolute Gasteiger partial charge is 0.497 e. The number of non-ortho nitro benzene ring substituents is 1. The van der Waals surface area contributed by atoms with Gasteiger partial charge < -0.3 is 9.47 Å². The van der Waals surface area contributed by atoms with Crippen molar-refractivity contribution in [1.29, 1.82) is 0 Å². The number of methoxy groups -OCH3 is 2. The van der Waals surface area contributed by atoms with Crippen LogP contribution in [0.15, 0.2) is 77.9 Å². The second-order valence-electron chi connectivity index (χ2n) is 10.1. The maximum atomic E-state index is 11.6. The van der Waals surface area contributed by atoms with Crippen LogP contribution < -0.4 is 10.2 Å². The van der Waals surface area contributed by atoms with Crippen LogP contribution in [-0.4, -0.2) is 35.9 Å². The third-order valence-electron chi connectivity index (χ3n) is 6.19. The highest BCUT2D eigenvalue weighted by Crippen LogP contribution is 2.32. The zero-order valence-electron chi connectivity index (χ0n) is 23.1. The lowest BCUT2D eigenvalue weighted by Gasteiger charge is -2.34. The van der Waals surface area contributed by atoms with Crippen molar-refractivity contribution in [3.05, 3.63) is 104 Å². The number of nitrogens with one attached hydrogen (secondary N) is 1. The predicted octanol–water partition coefficient (Wildman–Crippen LogP) is 6.45. The molecular formula is C30H32N4O6. The normalized spacial score (nSPS) is 13.0. The van der Waals surface area contributed by atoms with Crippen LogP contribution in [0.4, 0.5) is 17.1 Å². The highest BCUT2D eigenvalue weighted by molar-refractivity contribution is 6.01. The van der Waals surface area contributed by atoms with Gasteiger partial charge in [-0.1, -0.05) is 62.9 Å². The molecule has 0 fully saturated rings. The average Bonchev–Trinajstić information content (AvgIpc) is 2.93. The van der Waals surface area contributed by atoms with Crippen molar-refractivity contribution >= 4 is 22.8 Å². The maximum absolute atomic E-state index is 11.6. The number of rotatable bonds is 10. The summed E-state index contributed by atoms with van der Waals surface area (Å²) in [4.78, 5) is 21.4. The average molecular weight is 545 g/mol. The van der Waals surface area contributed by atoms with Gasteiger partial charge in [0.05, 0.1) is 40.8 Å². The lowest BCUT2D eigenvalue weighted by atomic mass is 9.78. The molecule has 0 unspecified atom stereocenters. The Hall–Kier alpha value is -4.75. The minimum atomic E-state index is -0.684. The Labute approximate surface area is 233 Å². The summed E-state index contributed by atoms with van der Waals surface area (Å²) in [5, 5.41) is 27.3. The lowest BCUT2D eigenvalue weighted by molar-refractivity contribution is -0.393. The van der Waals surface area contributed by atoms with Crippen LogP contribution in [-0.2, 0) is 4.74 Å². The van der Waals surface area contributed by atoms with E-state index in [9.17, 15) is 20.2 Å². The summed E-state index contributed by atoms with van der Waals surface area (Å²) in [5.41, 5.74) is 3.89. The van der Waals surface area contributed by atoms with Crippen molar-refractivity contribution in [1.82, 2.24) is 0 Å². The van der Waals surface area contributed by atoms with Gasteiger partial charge in [-0.3, -0.25) is 25.7 Å². The molecule has 1 N–H and O–H groups in total. The van der Waals surface area contributed by atoms with Gasteiger partial charge in [-0.15, -0.1) is 0 Å². The third-order valence-corrected chi connectivity index (χ3v) is 6.19. The fourth-order valence-electron chi connectivity index (χ4n) is 4.28. The Morgan fingerprint density at radius 2 is 1.65 bits per heavy atom. The van der Waals surface area contributed by atoms with Gasteiger partial charge >= 0.3 is 5.69 Å². The van der Waals surface area contributed by atoms with E-state index in [-0.39, 0.29) is 28.8 Å². The topological polar surface area (TPSA) is 129 Å². The highest BCUT2D eigenvalue weighted by Gasteiger charge is 2.33. The summed E-state index contributed by atoms with van der Waals surface area (Å²) < 4.78 is 11.2. The quantitative estimate of drug-likeness (QED) is 0.134. The van der Waals surface area contributed by atoms with Crippen LogP contribution >= 0.6 is 0 Å². The number of ether oxygens (including phenoxy) is 2. The molecule has 40 heavy (non-hydrogen) atoms. The number of nitrogens with zero attached hydrogens (tertiary/aromatic N) is 3. The van der Waals surface area contributed by atoms with E-state index >= 15 is 0 Å². The number of benzene rings is 3. The standard InChI is InChI=1S/C30H32N4O6/c1-30(2,3)29(40-5)23(14-11-21-12-16-25(39-4)17-13-21)19-27(22-9-7-6-8-10-22)32-31-26-18-15-24(33(35)36)20-28(26)34(37)38/h6-10,12-13,15-18,20,23,29,31H,19H2,1-5H3/b32-27+/t23-,29+/m1/s1. The first-order valence-corrected chi connectivity index (χ1v) is 12.5. The Balaban J connectivity index is 2.05. The highest BCUT2D eigenvalue weighted by atomic mass is 16.6. The first kappa shape index (κ1) is 29.8. The number of hydrogen-bond donors (Lipinski definition) is 1. The van der Waals surface area contributed by atoms with Crippen LogP contribution in [0.25, 0.3) is 0 Å². The minimum Gasteiger partial charge on any atom is -0.497 e. The van der Waals surface area contributed by atoms with Crippen molar-refractivity contribution in [2.24, 2.45) is 16.4 Å². The molecule has 0 aliphatic carbocycles. The van der Waals surface area contributed by atoms with Crippen molar-refractivity contribution in [2.45, 2.75) is 33.3 Å². The van der Waals surface area contributed by atoms with E-state index in [1.165, 1.54) is 12.1 Å². The first-order valence-electron chi connectivity index (χ1n) is 12.5. The first-order chi connectivity index (χ1) is 19.0. The fraction of sp³-hybridized carbons (Fsp3) is 0.300. The number of nitro benzene ring substituents is 2.